The first-order chi connectivity index (χ1) is 2.89. The molecule has 0 bridgehead atoms. The average molecular weight is 119 g/mol. The molecule has 1 rings (SSSR count). The fraction of sp³-hybridized carbons (Fsp3) is 1.00. The molecule has 1 aliphatic rings. The minimum Gasteiger partial charge on any atom is -0.333 e. The number of hydrazine groups is 1. The van der Waals surface area contributed by atoms with E-state index in [1.165, 1.54) is 0 Å². The van der Waals surface area contributed by atoms with E-state index in [2.05, 4.69) is 21.5 Å². The van der Waals surface area contributed by atoms with E-state index in [9.17, 15) is 0 Å². The average Bonchev–Trinajstić information content (AvgIpc) is 1.86. The van der Waals surface area contributed by atoms with E-state index in [4.69, 9.17) is 0 Å². The second kappa shape index (κ2) is 1.85. The monoisotopic (exact) mass is 119 g/mol. The van der Waals surface area contributed by atoms with E-state index < -0.39 is 0 Å². The Hall–Kier alpha value is 0.314. The third-order valence-electron chi connectivity index (χ3n) is 0.823. The molecule has 0 aliphatic carbocycles. The Balaban J connectivity index is 2.18. The molecule has 1 heterocycles. The first-order valence-electron chi connectivity index (χ1n) is 2.04. The summed E-state index contributed by atoms with van der Waals surface area (Å²) in [6.07, 6.45) is 0. The molecule has 0 saturated carbocycles. The zero-order valence-electron chi connectivity index (χ0n) is 3.86. The molecule has 0 amide bonds. The molecule has 1 aliphatic heterocycles. The van der Waals surface area contributed by atoms with E-state index in [1.54, 1.807) is 0 Å². The van der Waals surface area contributed by atoms with Gasteiger partial charge < -0.3 is 4.23 Å². The fourth-order valence-corrected chi connectivity index (χ4v) is 2.99. The zero-order chi connectivity index (χ0) is 4.41. The van der Waals surface area contributed by atoms with Crippen LogP contribution in [-0.2, 0) is 0 Å². The molecule has 0 atom stereocenters. The van der Waals surface area contributed by atoms with E-state index in [1.807, 2.05) is 0 Å². The van der Waals surface area contributed by atoms with Gasteiger partial charge in [-0.25, -0.2) is 0 Å². The van der Waals surface area contributed by atoms with Crippen LogP contribution in [0.25, 0.3) is 0 Å². The molecule has 2 N–H and O–H groups in total. The van der Waals surface area contributed by atoms with E-state index in [0.717, 1.165) is 0 Å². The van der Waals surface area contributed by atoms with Crippen molar-refractivity contribution in [3.63, 3.8) is 0 Å². The topological polar surface area (TPSA) is 27.3 Å². The summed E-state index contributed by atoms with van der Waals surface area (Å²) in [7, 11) is 2.18. The molecule has 0 spiro atoms. The number of rotatable bonds is 0. The van der Waals surface area contributed by atoms with E-state index in [0.29, 0.717) is 0 Å². The van der Waals surface area contributed by atoms with Gasteiger partial charge >= 0.3 is 0 Å². The Bertz CT molecular complexity index is 42.1. The summed E-state index contributed by atoms with van der Waals surface area (Å²) in [6.45, 7) is 0. The highest BCUT2D eigenvalue weighted by Gasteiger charge is 2.02. The first-order valence-corrected chi connectivity index (χ1v) is 4.72. The Labute approximate surface area is 42.0 Å². The highest BCUT2D eigenvalue weighted by Crippen LogP contribution is 1.69. The van der Waals surface area contributed by atoms with Gasteiger partial charge in [0, 0.05) is 0 Å². The van der Waals surface area contributed by atoms with Crippen LogP contribution in [0.4, 0.5) is 0 Å². The molecule has 0 radical (unpaired) electrons. The van der Waals surface area contributed by atoms with Crippen molar-refractivity contribution in [2.75, 3.05) is 7.05 Å². The van der Waals surface area contributed by atoms with Crippen LogP contribution in [0, 0.1) is 0 Å². The molecular weight excluding hydrogens is 110 g/mol. The van der Waals surface area contributed by atoms with Crippen molar-refractivity contribution in [1.29, 1.82) is 0 Å². The van der Waals surface area contributed by atoms with E-state index >= 15 is 0 Å². The van der Waals surface area contributed by atoms with Crippen molar-refractivity contribution in [1.82, 2.24) is 14.4 Å². The van der Waals surface area contributed by atoms with Crippen LogP contribution < -0.4 is 10.2 Å². The molecule has 0 unspecified atom stereocenters. The van der Waals surface area contributed by atoms with Crippen molar-refractivity contribution in [3.8, 4) is 0 Å². The van der Waals surface area contributed by atoms with Crippen LogP contribution in [0.15, 0.2) is 0 Å². The lowest BCUT2D eigenvalue weighted by atomic mass is 11.6. The van der Waals surface area contributed by atoms with Crippen molar-refractivity contribution >= 4 is 19.7 Å². The van der Waals surface area contributed by atoms with Gasteiger partial charge in [-0.3, -0.25) is 10.2 Å². The van der Waals surface area contributed by atoms with Gasteiger partial charge in [-0.15, -0.1) is 0 Å². The number of hydrogen-bond donors (Lipinski definition) is 2. The molecule has 0 aromatic heterocycles. The van der Waals surface area contributed by atoms with Crippen LogP contribution >= 0.6 is 0 Å². The second-order valence-electron chi connectivity index (χ2n) is 1.53. The lowest BCUT2D eigenvalue weighted by Gasteiger charge is -1.97. The standard InChI is InChI=1S/CH9N3Si2/c1-4-5-2-3-6-4/h2-3H,5-6H2,1H3. The summed E-state index contributed by atoms with van der Waals surface area (Å²) in [5.74, 6) is 0. The normalized spacial score (nSPS) is 33.5. The predicted molar refractivity (Wildman–Crippen MR) is 31.1 cm³/mol. The Morgan fingerprint density at radius 3 is 2.00 bits per heavy atom. The van der Waals surface area contributed by atoms with Crippen LogP contribution in [0.3, 0.4) is 0 Å². The third kappa shape index (κ3) is 0.886. The molecule has 36 valence electrons. The van der Waals surface area contributed by atoms with Crippen LogP contribution in [0.1, 0.15) is 0 Å². The highest BCUT2D eigenvalue weighted by atomic mass is 28.3. The smallest absolute Gasteiger partial charge is 0.177 e. The lowest BCUT2D eigenvalue weighted by Crippen LogP contribution is -2.25. The van der Waals surface area contributed by atoms with Crippen molar-refractivity contribution in [2.24, 2.45) is 0 Å². The Morgan fingerprint density at radius 2 is 1.83 bits per heavy atom. The van der Waals surface area contributed by atoms with Gasteiger partial charge in [-0.05, 0) is 7.05 Å². The van der Waals surface area contributed by atoms with Crippen molar-refractivity contribution in [3.05, 3.63) is 0 Å². The summed E-state index contributed by atoms with van der Waals surface area (Å²) >= 11 is 0. The quantitative estimate of drug-likeness (QED) is 0.333. The van der Waals surface area contributed by atoms with Gasteiger partial charge in [0.25, 0.3) is 0 Å². The first kappa shape index (κ1) is 4.47. The number of nitrogens with zero attached hydrogens (tertiary/aromatic N) is 1. The molecule has 1 saturated heterocycles. The second-order valence-corrected chi connectivity index (χ2v) is 5.92. The fourth-order valence-electron chi connectivity index (χ4n) is 0.438. The molecule has 0 aromatic rings. The minimum absolute atomic E-state index is 0.00154. The van der Waals surface area contributed by atoms with Crippen LogP contribution in [0.2, 0.25) is 0 Å². The number of hydrogen-bond acceptors (Lipinski definition) is 3. The van der Waals surface area contributed by atoms with Gasteiger partial charge in [0.2, 0.25) is 0 Å². The lowest BCUT2D eigenvalue weighted by molar-refractivity contribution is 0.862. The molecule has 5 heteroatoms. The van der Waals surface area contributed by atoms with Gasteiger partial charge in [-0.1, -0.05) is 0 Å². The maximum atomic E-state index is 3.15. The number of nitrogens with one attached hydrogen (secondary N) is 2. The Morgan fingerprint density at radius 1 is 1.33 bits per heavy atom. The molecule has 6 heavy (non-hydrogen) atoms. The van der Waals surface area contributed by atoms with Crippen molar-refractivity contribution in [2.45, 2.75) is 0 Å². The van der Waals surface area contributed by atoms with Gasteiger partial charge in [0.05, 0.1) is 0 Å². The van der Waals surface area contributed by atoms with Gasteiger partial charge in [0.15, 0.2) is 19.7 Å². The molecule has 1 fully saturated rings. The van der Waals surface area contributed by atoms with E-state index in [-0.39, 0.29) is 19.7 Å². The van der Waals surface area contributed by atoms with Gasteiger partial charge in [-0.2, -0.15) is 0 Å². The maximum absolute atomic E-state index is 3.15. The molecule has 3 nitrogen and oxygen atoms in total. The zero-order valence-corrected chi connectivity index (χ0v) is 6.69. The summed E-state index contributed by atoms with van der Waals surface area (Å²) in [5.41, 5.74) is 0. The maximum Gasteiger partial charge on any atom is 0.177 e. The summed E-state index contributed by atoms with van der Waals surface area (Å²) in [5, 5.41) is 6.30. The summed E-state index contributed by atoms with van der Waals surface area (Å²) < 4.78 is 2.42. The largest absolute Gasteiger partial charge is 0.333 e. The third-order valence-corrected chi connectivity index (χ3v) is 4.56. The van der Waals surface area contributed by atoms with Gasteiger partial charge in [0.1, 0.15) is 0 Å². The SMILES string of the molecule is CN1[SiH2]NN[SiH2]1. The molecule has 0 aromatic carbocycles. The highest BCUT2D eigenvalue weighted by molar-refractivity contribution is 6.51. The Kier molecular flexibility index (Phi) is 1.38. The predicted octanol–water partition coefficient (Wildman–Crippen LogP) is -2.98. The molecular formula is CH9N3Si2. The minimum atomic E-state index is 0.00154. The summed E-state index contributed by atoms with van der Waals surface area (Å²) in [4.78, 5) is 0. The van der Waals surface area contributed by atoms with Crippen molar-refractivity contribution < 1.29 is 0 Å². The van der Waals surface area contributed by atoms with Crippen LogP contribution in [-0.4, -0.2) is 31.0 Å². The van der Waals surface area contributed by atoms with Crippen LogP contribution in [0.5, 0.6) is 0 Å². The summed E-state index contributed by atoms with van der Waals surface area (Å²) in [6, 6.07) is 0.